The summed E-state index contributed by atoms with van der Waals surface area (Å²) in [6.45, 7) is 2.10. The van der Waals surface area contributed by atoms with Crippen LogP contribution in [0.5, 0.6) is 0 Å². The molecule has 1 aromatic heterocycles. The minimum atomic E-state index is -0.243. The van der Waals surface area contributed by atoms with Crippen molar-refractivity contribution in [3.8, 4) is 0 Å². The predicted octanol–water partition coefficient (Wildman–Crippen LogP) is 3.12. The van der Waals surface area contributed by atoms with E-state index in [1.807, 2.05) is 42.5 Å². The molecule has 0 unspecified atom stereocenters. The van der Waals surface area contributed by atoms with E-state index in [-0.39, 0.29) is 23.9 Å². The lowest BCUT2D eigenvalue weighted by molar-refractivity contribution is -0.121. The average Bonchev–Trinajstić information content (AvgIpc) is 2.65. The Hall–Kier alpha value is -2.95. The van der Waals surface area contributed by atoms with Gasteiger partial charge in [-0.1, -0.05) is 61.9 Å². The van der Waals surface area contributed by atoms with Crippen molar-refractivity contribution in [1.29, 1.82) is 0 Å². The summed E-state index contributed by atoms with van der Waals surface area (Å²) in [7, 11) is 0. The van der Waals surface area contributed by atoms with E-state index in [9.17, 15) is 9.59 Å². The maximum absolute atomic E-state index is 12.6. The zero-order chi connectivity index (χ0) is 17.6. The van der Waals surface area contributed by atoms with Crippen molar-refractivity contribution in [2.45, 2.75) is 32.2 Å². The first-order valence-corrected chi connectivity index (χ1v) is 8.49. The van der Waals surface area contributed by atoms with Crippen LogP contribution in [0.25, 0.3) is 10.8 Å². The van der Waals surface area contributed by atoms with E-state index < -0.39 is 0 Å². The molecule has 2 aromatic carbocycles. The van der Waals surface area contributed by atoms with Crippen LogP contribution in [0.15, 0.2) is 59.4 Å². The molecule has 0 spiro atoms. The van der Waals surface area contributed by atoms with E-state index in [0.29, 0.717) is 16.5 Å². The second kappa shape index (κ2) is 7.75. The van der Waals surface area contributed by atoms with Crippen molar-refractivity contribution in [3.63, 3.8) is 0 Å². The van der Waals surface area contributed by atoms with Crippen molar-refractivity contribution >= 4 is 16.7 Å². The summed E-state index contributed by atoms with van der Waals surface area (Å²) in [5.74, 6) is -0.105. The number of nitrogens with one attached hydrogen (secondary N) is 2. The molecule has 0 bridgehead atoms. The number of carbonyl (C=O) groups excluding carboxylic acids is 1. The van der Waals surface area contributed by atoms with Crippen molar-refractivity contribution in [2.24, 2.45) is 0 Å². The Labute approximate surface area is 146 Å². The molecule has 1 amide bonds. The third-order valence-electron chi connectivity index (χ3n) is 4.22. The van der Waals surface area contributed by atoms with E-state index in [2.05, 4.69) is 22.4 Å². The average molecular weight is 335 g/mol. The summed E-state index contributed by atoms with van der Waals surface area (Å²) in [6.07, 6.45) is 1.97. The molecule has 3 aromatic rings. The maximum atomic E-state index is 12.6. The first kappa shape index (κ1) is 16.9. The molecule has 25 heavy (non-hydrogen) atoms. The van der Waals surface area contributed by atoms with Gasteiger partial charge >= 0.3 is 0 Å². The van der Waals surface area contributed by atoms with Gasteiger partial charge in [0, 0.05) is 5.39 Å². The van der Waals surface area contributed by atoms with E-state index in [4.69, 9.17) is 0 Å². The van der Waals surface area contributed by atoms with Gasteiger partial charge in [0.15, 0.2) is 0 Å². The molecule has 0 aliphatic carbocycles. The van der Waals surface area contributed by atoms with Gasteiger partial charge in [0.1, 0.15) is 0 Å². The molecule has 3 rings (SSSR count). The second-order valence-electron chi connectivity index (χ2n) is 6.04. The van der Waals surface area contributed by atoms with Crippen LogP contribution < -0.4 is 10.9 Å². The number of fused-ring (bicyclic) bond motifs is 1. The van der Waals surface area contributed by atoms with Gasteiger partial charge in [-0.2, -0.15) is 5.10 Å². The fourth-order valence-corrected chi connectivity index (χ4v) is 3.00. The molecule has 1 heterocycles. The molecule has 1 atom stereocenters. The van der Waals surface area contributed by atoms with E-state index in [0.717, 1.165) is 18.4 Å². The molecule has 0 aliphatic heterocycles. The van der Waals surface area contributed by atoms with Crippen molar-refractivity contribution < 1.29 is 4.79 Å². The third-order valence-corrected chi connectivity index (χ3v) is 4.22. The Morgan fingerprint density at radius 3 is 2.48 bits per heavy atom. The van der Waals surface area contributed by atoms with Crippen LogP contribution in [-0.2, 0) is 11.2 Å². The molecule has 0 aliphatic rings. The molecule has 0 saturated carbocycles. The number of H-pyrrole nitrogens is 1. The Balaban J connectivity index is 1.80. The highest BCUT2D eigenvalue weighted by atomic mass is 16.1. The Bertz CT molecular complexity index is 919. The third kappa shape index (κ3) is 3.94. The molecule has 0 radical (unpaired) electrons. The Morgan fingerprint density at radius 1 is 1.08 bits per heavy atom. The molecule has 128 valence electrons. The van der Waals surface area contributed by atoms with E-state index in [1.54, 1.807) is 12.1 Å². The van der Waals surface area contributed by atoms with Gasteiger partial charge in [-0.3, -0.25) is 9.59 Å². The zero-order valence-electron chi connectivity index (χ0n) is 14.2. The normalized spacial score (nSPS) is 12.0. The number of hydrogen-bond acceptors (Lipinski definition) is 3. The van der Waals surface area contributed by atoms with Crippen LogP contribution in [0.2, 0.25) is 0 Å². The minimum Gasteiger partial charge on any atom is -0.349 e. The van der Waals surface area contributed by atoms with E-state index >= 15 is 0 Å². The quantitative estimate of drug-likeness (QED) is 0.727. The number of aromatic nitrogens is 2. The largest absolute Gasteiger partial charge is 0.349 e. The fourth-order valence-electron chi connectivity index (χ4n) is 3.00. The monoisotopic (exact) mass is 335 g/mol. The topological polar surface area (TPSA) is 74.8 Å². The smallest absolute Gasteiger partial charge is 0.272 e. The number of aromatic amines is 1. The predicted molar refractivity (Wildman–Crippen MR) is 98.3 cm³/mol. The van der Waals surface area contributed by atoms with Crippen LogP contribution in [-0.4, -0.2) is 16.1 Å². The van der Waals surface area contributed by atoms with Crippen molar-refractivity contribution in [1.82, 2.24) is 15.5 Å². The second-order valence-corrected chi connectivity index (χ2v) is 6.04. The van der Waals surface area contributed by atoms with Gasteiger partial charge in [0.25, 0.3) is 5.56 Å². The summed E-state index contributed by atoms with van der Waals surface area (Å²) < 4.78 is 0. The lowest BCUT2D eigenvalue weighted by Gasteiger charge is -2.18. The zero-order valence-corrected chi connectivity index (χ0v) is 14.2. The summed E-state index contributed by atoms with van der Waals surface area (Å²) in [5.41, 5.74) is 1.43. The van der Waals surface area contributed by atoms with Crippen LogP contribution in [0.1, 0.15) is 37.1 Å². The summed E-state index contributed by atoms with van der Waals surface area (Å²) in [4.78, 5) is 24.4. The first-order chi connectivity index (χ1) is 12.2. The van der Waals surface area contributed by atoms with Crippen LogP contribution in [0.3, 0.4) is 0 Å². The molecule has 0 fully saturated rings. The van der Waals surface area contributed by atoms with Crippen molar-refractivity contribution in [3.05, 3.63) is 76.2 Å². The first-order valence-electron chi connectivity index (χ1n) is 8.49. The van der Waals surface area contributed by atoms with Gasteiger partial charge in [-0.15, -0.1) is 0 Å². The number of amides is 1. The van der Waals surface area contributed by atoms with Gasteiger partial charge < -0.3 is 5.32 Å². The number of hydrogen-bond donors (Lipinski definition) is 2. The van der Waals surface area contributed by atoms with Gasteiger partial charge in [0.2, 0.25) is 5.91 Å². The lowest BCUT2D eigenvalue weighted by atomic mass is 10.0. The maximum Gasteiger partial charge on any atom is 0.272 e. The number of carbonyl (C=O) groups is 1. The van der Waals surface area contributed by atoms with Gasteiger partial charge in [0.05, 0.1) is 23.5 Å². The summed E-state index contributed by atoms with van der Waals surface area (Å²) >= 11 is 0. The fraction of sp³-hybridized carbons (Fsp3) is 0.250. The highest BCUT2D eigenvalue weighted by molar-refractivity contribution is 5.88. The standard InChI is InChI=1S/C20H21N3O2/c1-2-8-17(14-9-4-3-5-10-14)21-19(24)13-18-15-11-6-7-12-16(15)20(25)23-22-18/h3-7,9-12,17H,2,8,13H2,1H3,(H,21,24)(H,23,25)/t17-/m0/s1. The summed E-state index contributed by atoms with van der Waals surface area (Å²) in [6, 6.07) is 17.1. The molecule has 5 heteroatoms. The lowest BCUT2D eigenvalue weighted by Crippen LogP contribution is -2.30. The number of nitrogens with zero attached hydrogens (tertiary/aromatic N) is 1. The molecule has 2 N–H and O–H groups in total. The minimum absolute atomic E-state index is 0.0206. The number of benzene rings is 2. The van der Waals surface area contributed by atoms with Gasteiger partial charge in [-0.05, 0) is 18.1 Å². The highest BCUT2D eigenvalue weighted by Crippen LogP contribution is 2.19. The summed E-state index contributed by atoms with van der Waals surface area (Å²) in [5, 5.41) is 10.9. The van der Waals surface area contributed by atoms with E-state index in [1.165, 1.54) is 0 Å². The Morgan fingerprint density at radius 2 is 1.76 bits per heavy atom. The molecule has 0 saturated heterocycles. The van der Waals surface area contributed by atoms with Gasteiger partial charge in [-0.25, -0.2) is 5.10 Å². The molecular weight excluding hydrogens is 314 g/mol. The molecular formula is C20H21N3O2. The van der Waals surface area contributed by atoms with Crippen LogP contribution in [0.4, 0.5) is 0 Å². The number of rotatable bonds is 6. The SMILES string of the molecule is CCC[C@H](NC(=O)Cc1n[nH]c(=O)c2ccccc12)c1ccccc1. The molecule has 5 nitrogen and oxygen atoms in total. The highest BCUT2D eigenvalue weighted by Gasteiger charge is 2.16. The van der Waals surface area contributed by atoms with Crippen LogP contribution >= 0.6 is 0 Å². The van der Waals surface area contributed by atoms with Crippen molar-refractivity contribution in [2.75, 3.05) is 0 Å². The van der Waals surface area contributed by atoms with Crippen LogP contribution in [0, 0.1) is 0 Å². The Kier molecular flexibility index (Phi) is 5.23.